The lowest BCUT2D eigenvalue weighted by molar-refractivity contribution is 0.154. The van der Waals surface area contributed by atoms with Crippen LogP contribution in [0.25, 0.3) is 21.8 Å². The van der Waals surface area contributed by atoms with Gasteiger partial charge in [-0.3, -0.25) is 0 Å². The molecule has 0 spiro atoms. The van der Waals surface area contributed by atoms with Crippen LogP contribution in [0.5, 0.6) is 0 Å². The Morgan fingerprint density at radius 2 is 1.58 bits per heavy atom. The van der Waals surface area contributed by atoms with Crippen molar-refractivity contribution in [2.75, 3.05) is 33.7 Å². The molecule has 0 aliphatic heterocycles. The first-order valence-electron chi connectivity index (χ1n) is 8.66. The molecule has 1 aromatic heterocycles. The summed E-state index contributed by atoms with van der Waals surface area (Å²) in [5.41, 5.74) is 2.37. The first-order valence-corrected chi connectivity index (χ1v) is 8.66. The summed E-state index contributed by atoms with van der Waals surface area (Å²) in [4.78, 5) is 2.18. The largest absolute Gasteiger partial charge is 0.390 e. The maximum Gasteiger partial charge on any atom is 0.0843 e. The maximum absolute atomic E-state index is 10.5. The van der Waals surface area contributed by atoms with Crippen molar-refractivity contribution in [3.63, 3.8) is 0 Å². The molecule has 1 atom stereocenters. The van der Waals surface area contributed by atoms with Gasteiger partial charge in [-0.1, -0.05) is 36.4 Å². The fourth-order valence-electron chi connectivity index (χ4n) is 3.26. The molecule has 0 aliphatic rings. The third-order valence-corrected chi connectivity index (χ3v) is 4.41. The van der Waals surface area contributed by atoms with E-state index in [2.05, 4.69) is 77.4 Å². The summed E-state index contributed by atoms with van der Waals surface area (Å²) in [6.45, 7) is 3.22. The smallest absolute Gasteiger partial charge is 0.0843 e. The minimum Gasteiger partial charge on any atom is -0.390 e. The minimum absolute atomic E-state index is 0.399. The number of para-hydroxylation sites is 2. The topological polar surface area (TPSA) is 40.4 Å². The van der Waals surface area contributed by atoms with Crippen molar-refractivity contribution >= 4 is 21.8 Å². The van der Waals surface area contributed by atoms with Crippen molar-refractivity contribution in [1.82, 2.24) is 14.8 Å². The summed E-state index contributed by atoms with van der Waals surface area (Å²) in [7, 11) is 4.16. The molecule has 24 heavy (non-hydrogen) atoms. The van der Waals surface area contributed by atoms with Crippen LogP contribution in [0, 0.1) is 0 Å². The Morgan fingerprint density at radius 1 is 1.00 bits per heavy atom. The van der Waals surface area contributed by atoms with Gasteiger partial charge in [-0.05, 0) is 45.7 Å². The van der Waals surface area contributed by atoms with Gasteiger partial charge in [-0.25, -0.2) is 0 Å². The standard InChI is InChI=1S/C20H27N3O/c1-22(2)13-7-12-21-14-16(24)15-23-19-10-5-3-8-17(19)18-9-4-6-11-20(18)23/h3-6,8-11,16,21,24H,7,12-15H2,1-2H3/t16-/m0/s1. The highest BCUT2D eigenvalue weighted by atomic mass is 16.3. The van der Waals surface area contributed by atoms with E-state index in [0.29, 0.717) is 13.1 Å². The Kier molecular flexibility index (Phi) is 5.51. The molecular formula is C20H27N3O. The Balaban J connectivity index is 1.70. The van der Waals surface area contributed by atoms with Crippen molar-refractivity contribution in [3.05, 3.63) is 48.5 Å². The summed E-state index contributed by atoms with van der Waals surface area (Å²) in [6.07, 6.45) is 0.693. The summed E-state index contributed by atoms with van der Waals surface area (Å²) in [5.74, 6) is 0. The van der Waals surface area contributed by atoms with Crippen LogP contribution in [0.1, 0.15) is 6.42 Å². The molecule has 4 heteroatoms. The number of hydrogen-bond donors (Lipinski definition) is 2. The molecule has 0 bridgehead atoms. The number of aliphatic hydroxyl groups is 1. The van der Waals surface area contributed by atoms with Gasteiger partial charge in [0, 0.05) is 28.4 Å². The summed E-state index contributed by atoms with van der Waals surface area (Å²) in [6, 6.07) is 16.8. The van der Waals surface area contributed by atoms with E-state index < -0.39 is 6.10 Å². The third-order valence-electron chi connectivity index (χ3n) is 4.41. The van der Waals surface area contributed by atoms with Crippen LogP contribution < -0.4 is 5.32 Å². The van der Waals surface area contributed by atoms with Gasteiger partial charge in [0.15, 0.2) is 0 Å². The predicted molar refractivity (Wildman–Crippen MR) is 101 cm³/mol. The molecule has 0 unspecified atom stereocenters. The molecule has 2 N–H and O–H groups in total. The number of hydrogen-bond acceptors (Lipinski definition) is 3. The highest BCUT2D eigenvalue weighted by molar-refractivity contribution is 6.07. The van der Waals surface area contributed by atoms with E-state index in [1.54, 1.807) is 0 Å². The van der Waals surface area contributed by atoms with E-state index in [0.717, 1.165) is 19.5 Å². The molecule has 3 rings (SSSR count). The molecule has 0 fully saturated rings. The molecule has 0 radical (unpaired) electrons. The lowest BCUT2D eigenvalue weighted by Crippen LogP contribution is -2.31. The van der Waals surface area contributed by atoms with Gasteiger partial charge in [-0.15, -0.1) is 0 Å². The Hall–Kier alpha value is -1.88. The molecular weight excluding hydrogens is 298 g/mol. The van der Waals surface area contributed by atoms with Crippen molar-refractivity contribution in [1.29, 1.82) is 0 Å². The van der Waals surface area contributed by atoms with Crippen LogP contribution in [0.2, 0.25) is 0 Å². The Bertz CT molecular complexity index is 741. The zero-order valence-electron chi connectivity index (χ0n) is 14.6. The fourth-order valence-corrected chi connectivity index (χ4v) is 3.26. The number of aliphatic hydroxyl groups excluding tert-OH is 1. The normalized spacial score (nSPS) is 13.2. The van der Waals surface area contributed by atoms with Gasteiger partial charge in [0.25, 0.3) is 0 Å². The van der Waals surface area contributed by atoms with Crippen LogP contribution in [-0.2, 0) is 6.54 Å². The van der Waals surface area contributed by atoms with Crippen molar-refractivity contribution in [3.8, 4) is 0 Å². The Morgan fingerprint density at radius 3 is 2.17 bits per heavy atom. The van der Waals surface area contributed by atoms with Crippen LogP contribution in [0.3, 0.4) is 0 Å². The average Bonchev–Trinajstić information content (AvgIpc) is 2.89. The van der Waals surface area contributed by atoms with Crippen molar-refractivity contribution in [2.24, 2.45) is 0 Å². The number of nitrogens with one attached hydrogen (secondary N) is 1. The van der Waals surface area contributed by atoms with Gasteiger partial charge in [-0.2, -0.15) is 0 Å². The van der Waals surface area contributed by atoms with Gasteiger partial charge >= 0.3 is 0 Å². The fraction of sp³-hybridized carbons (Fsp3) is 0.400. The number of aromatic nitrogens is 1. The summed E-state index contributed by atoms with van der Waals surface area (Å²) in [5, 5.41) is 16.3. The number of rotatable bonds is 8. The molecule has 3 aromatic rings. The molecule has 0 saturated carbocycles. The van der Waals surface area contributed by atoms with Crippen LogP contribution in [-0.4, -0.2) is 54.4 Å². The number of fused-ring (bicyclic) bond motifs is 3. The monoisotopic (exact) mass is 325 g/mol. The first-order chi connectivity index (χ1) is 11.7. The first kappa shape index (κ1) is 17.0. The predicted octanol–water partition coefficient (Wildman–Crippen LogP) is 2.70. The Labute approximate surface area is 143 Å². The molecule has 128 valence electrons. The molecule has 4 nitrogen and oxygen atoms in total. The zero-order valence-corrected chi connectivity index (χ0v) is 14.6. The SMILES string of the molecule is CN(C)CCCNC[C@H](O)Cn1c2ccccc2c2ccccc21. The third kappa shape index (κ3) is 3.78. The molecule has 0 saturated heterocycles. The van der Waals surface area contributed by atoms with E-state index in [4.69, 9.17) is 0 Å². The second kappa shape index (κ2) is 7.79. The molecule has 0 amide bonds. The van der Waals surface area contributed by atoms with Crippen LogP contribution in [0.4, 0.5) is 0 Å². The van der Waals surface area contributed by atoms with E-state index in [1.165, 1.54) is 21.8 Å². The van der Waals surface area contributed by atoms with E-state index in [9.17, 15) is 5.11 Å². The number of nitrogens with zero attached hydrogens (tertiary/aromatic N) is 2. The zero-order chi connectivity index (χ0) is 16.9. The highest BCUT2D eigenvalue weighted by Gasteiger charge is 2.12. The second-order valence-corrected chi connectivity index (χ2v) is 6.66. The van der Waals surface area contributed by atoms with Crippen molar-refractivity contribution < 1.29 is 5.11 Å². The quantitative estimate of drug-likeness (QED) is 0.626. The van der Waals surface area contributed by atoms with E-state index in [-0.39, 0.29) is 0 Å². The van der Waals surface area contributed by atoms with E-state index in [1.807, 2.05) is 0 Å². The van der Waals surface area contributed by atoms with Crippen LogP contribution >= 0.6 is 0 Å². The number of benzene rings is 2. The summed E-state index contributed by atoms with van der Waals surface area (Å²) < 4.78 is 2.23. The van der Waals surface area contributed by atoms with Gasteiger partial charge in [0.2, 0.25) is 0 Å². The van der Waals surface area contributed by atoms with Crippen LogP contribution in [0.15, 0.2) is 48.5 Å². The van der Waals surface area contributed by atoms with Gasteiger partial charge < -0.3 is 19.9 Å². The van der Waals surface area contributed by atoms with Gasteiger partial charge in [0.05, 0.1) is 12.6 Å². The van der Waals surface area contributed by atoms with Crippen molar-refractivity contribution in [2.45, 2.75) is 19.1 Å². The average molecular weight is 325 g/mol. The molecule has 0 aliphatic carbocycles. The summed E-state index contributed by atoms with van der Waals surface area (Å²) >= 11 is 0. The maximum atomic E-state index is 10.5. The highest BCUT2D eigenvalue weighted by Crippen LogP contribution is 2.28. The van der Waals surface area contributed by atoms with Gasteiger partial charge in [0.1, 0.15) is 0 Å². The lowest BCUT2D eigenvalue weighted by atomic mass is 10.2. The van der Waals surface area contributed by atoms with E-state index >= 15 is 0 Å². The molecule has 1 heterocycles. The second-order valence-electron chi connectivity index (χ2n) is 6.66. The lowest BCUT2D eigenvalue weighted by Gasteiger charge is -2.15. The minimum atomic E-state index is -0.399. The molecule has 2 aromatic carbocycles.